The van der Waals surface area contributed by atoms with Crippen LogP contribution in [0.2, 0.25) is 0 Å². The summed E-state index contributed by atoms with van der Waals surface area (Å²) in [5.41, 5.74) is 2.75. The summed E-state index contributed by atoms with van der Waals surface area (Å²) in [6, 6.07) is 17.5. The summed E-state index contributed by atoms with van der Waals surface area (Å²) < 4.78 is 0. The van der Waals surface area contributed by atoms with Gasteiger partial charge in [0.25, 0.3) is 0 Å². The Kier molecular flexibility index (Phi) is 5.49. The van der Waals surface area contributed by atoms with E-state index in [1.807, 2.05) is 11.0 Å². The van der Waals surface area contributed by atoms with Crippen LogP contribution in [0.15, 0.2) is 54.6 Å². The molecule has 25 heavy (non-hydrogen) atoms. The first-order valence-electron chi connectivity index (χ1n) is 8.82. The van der Waals surface area contributed by atoms with Gasteiger partial charge < -0.3 is 10.2 Å². The topological polar surface area (TPSA) is 49.4 Å². The Balaban J connectivity index is 1.49. The molecular weight excluding hydrogens is 312 g/mol. The number of piperidine rings is 1. The molecule has 3 rings (SSSR count). The van der Waals surface area contributed by atoms with Crippen LogP contribution in [-0.4, -0.2) is 29.8 Å². The van der Waals surface area contributed by atoms with Gasteiger partial charge in [-0.15, -0.1) is 0 Å². The minimum absolute atomic E-state index is 0.0263. The van der Waals surface area contributed by atoms with Gasteiger partial charge in [0.2, 0.25) is 0 Å². The molecule has 0 bridgehead atoms. The van der Waals surface area contributed by atoms with Crippen LogP contribution < -0.4 is 5.32 Å². The highest BCUT2D eigenvalue weighted by atomic mass is 16.2. The molecule has 4 heteroatoms. The van der Waals surface area contributed by atoms with Gasteiger partial charge >= 0.3 is 6.03 Å². The number of hydrogen-bond donors (Lipinski definition) is 1. The smallest absolute Gasteiger partial charge is 0.321 e. The van der Waals surface area contributed by atoms with Gasteiger partial charge in [0.15, 0.2) is 5.78 Å². The van der Waals surface area contributed by atoms with Gasteiger partial charge in [0.1, 0.15) is 0 Å². The molecule has 1 fully saturated rings. The Morgan fingerprint density at radius 1 is 1.00 bits per heavy atom. The van der Waals surface area contributed by atoms with E-state index in [0.717, 1.165) is 38.0 Å². The third-order valence-corrected chi connectivity index (χ3v) is 4.81. The number of urea groups is 1. The summed E-state index contributed by atoms with van der Waals surface area (Å²) in [6.45, 7) is 3.11. The van der Waals surface area contributed by atoms with Gasteiger partial charge in [0, 0.05) is 24.3 Å². The lowest BCUT2D eigenvalue weighted by Gasteiger charge is -2.32. The number of ketones is 1. The predicted octanol–water partition coefficient (Wildman–Crippen LogP) is 4.38. The molecule has 1 heterocycles. The lowest BCUT2D eigenvalue weighted by atomic mass is 9.90. The van der Waals surface area contributed by atoms with E-state index in [2.05, 4.69) is 29.6 Å². The van der Waals surface area contributed by atoms with Crippen molar-refractivity contribution < 1.29 is 9.59 Å². The number of benzene rings is 2. The quantitative estimate of drug-likeness (QED) is 0.843. The molecule has 0 spiro atoms. The van der Waals surface area contributed by atoms with Crippen molar-refractivity contribution in [1.29, 1.82) is 0 Å². The number of anilines is 1. The fourth-order valence-electron chi connectivity index (χ4n) is 3.28. The number of Topliss-reactive ketones (excluding diaryl/α,β-unsaturated/α-hetero) is 1. The third kappa shape index (κ3) is 4.69. The maximum atomic E-state index is 12.4. The van der Waals surface area contributed by atoms with E-state index in [9.17, 15) is 9.59 Å². The number of hydrogen-bond acceptors (Lipinski definition) is 2. The maximum absolute atomic E-state index is 12.4. The standard InChI is InChI=1S/C21H24N2O2/c1-16(24)19-7-9-20(10-8-19)22-21(25)23-13-11-18(12-14-23)15-17-5-3-2-4-6-17/h2-10,18H,11-15H2,1H3,(H,22,25). The van der Waals surface area contributed by atoms with Crippen molar-refractivity contribution in [2.75, 3.05) is 18.4 Å². The number of carbonyl (C=O) groups excluding carboxylic acids is 2. The maximum Gasteiger partial charge on any atom is 0.321 e. The number of nitrogens with zero attached hydrogens (tertiary/aromatic N) is 1. The molecule has 130 valence electrons. The number of nitrogens with one attached hydrogen (secondary N) is 1. The Bertz CT molecular complexity index is 717. The molecular formula is C21H24N2O2. The summed E-state index contributed by atoms with van der Waals surface area (Å²) in [6.07, 6.45) is 3.15. The van der Waals surface area contributed by atoms with Crippen molar-refractivity contribution in [3.8, 4) is 0 Å². The second kappa shape index (κ2) is 7.97. The average Bonchev–Trinajstić information content (AvgIpc) is 2.63. The largest absolute Gasteiger partial charge is 0.325 e. The zero-order valence-electron chi connectivity index (χ0n) is 14.6. The van der Waals surface area contributed by atoms with Crippen molar-refractivity contribution in [3.63, 3.8) is 0 Å². The third-order valence-electron chi connectivity index (χ3n) is 4.81. The normalized spacial score (nSPS) is 15.0. The van der Waals surface area contributed by atoms with E-state index >= 15 is 0 Å². The van der Waals surface area contributed by atoms with Gasteiger partial charge in [-0.05, 0) is 61.9 Å². The van der Waals surface area contributed by atoms with Crippen LogP contribution in [0, 0.1) is 5.92 Å². The highest BCUT2D eigenvalue weighted by Gasteiger charge is 2.23. The van der Waals surface area contributed by atoms with Crippen LogP contribution in [0.3, 0.4) is 0 Å². The molecule has 0 unspecified atom stereocenters. The van der Waals surface area contributed by atoms with Crippen molar-refractivity contribution in [1.82, 2.24) is 4.90 Å². The van der Waals surface area contributed by atoms with E-state index in [4.69, 9.17) is 0 Å². The van der Waals surface area contributed by atoms with Gasteiger partial charge in [-0.1, -0.05) is 30.3 Å². The summed E-state index contributed by atoms with van der Waals surface area (Å²) in [4.78, 5) is 25.6. The first-order chi connectivity index (χ1) is 12.1. The van der Waals surface area contributed by atoms with Crippen LogP contribution in [-0.2, 0) is 6.42 Å². The van der Waals surface area contributed by atoms with Gasteiger partial charge in [0.05, 0.1) is 0 Å². The first kappa shape index (κ1) is 17.2. The SMILES string of the molecule is CC(=O)c1ccc(NC(=O)N2CCC(Cc3ccccc3)CC2)cc1. The highest BCUT2D eigenvalue weighted by Crippen LogP contribution is 2.22. The number of carbonyl (C=O) groups is 2. The van der Waals surface area contributed by atoms with Gasteiger partial charge in [-0.25, -0.2) is 4.79 Å². The lowest BCUT2D eigenvalue weighted by molar-refractivity contribution is 0.101. The minimum Gasteiger partial charge on any atom is -0.325 e. The predicted molar refractivity (Wildman–Crippen MR) is 99.9 cm³/mol. The summed E-state index contributed by atoms with van der Waals surface area (Å²) in [7, 11) is 0. The fourth-order valence-corrected chi connectivity index (χ4v) is 3.28. The molecule has 4 nitrogen and oxygen atoms in total. The monoisotopic (exact) mass is 336 g/mol. The molecule has 0 atom stereocenters. The molecule has 0 aliphatic carbocycles. The van der Waals surface area contributed by atoms with Crippen molar-refractivity contribution in [2.45, 2.75) is 26.2 Å². The molecule has 2 amide bonds. The Morgan fingerprint density at radius 3 is 2.24 bits per heavy atom. The Morgan fingerprint density at radius 2 is 1.64 bits per heavy atom. The van der Waals surface area contributed by atoms with Crippen molar-refractivity contribution >= 4 is 17.5 Å². The Labute approximate surface area is 148 Å². The molecule has 1 saturated heterocycles. The van der Waals surface area contributed by atoms with E-state index in [1.165, 1.54) is 12.5 Å². The number of likely N-dealkylation sites (tertiary alicyclic amines) is 1. The zero-order chi connectivity index (χ0) is 17.6. The van der Waals surface area contributed by atoms with Crippen LogP contribution in [0.5, 0.6) is 0 Å². The zero-order valence-corrected chi connectivity index (χ0v) is 14.6. The molecule has 1 aliphatic rings. The van der Waals surface area contributed by atoms with Gasteiger partial charge in [-0.2, -0.15) is 0 Å². The average molecular weight is 336 g/mol. The molecule has 2 aromatic carbocycles. The van der Waals surface area contributed by atoms with Crippen LogP contribution in [0.1, 0.15) is 35.7 Å². The van der Waals surface area contributed by atoms with Crippen molar-refractivity contribution in [2.24, 2.45) is 5.92 Å². The highest BCUT2D eigenvalue weighted by molar-refractivity contribution is 5.95. The molecule has 0 radical (unpaired) electrons. The fraction of sp³-hybridized carbons (Fsp3) is 0.333. The molecule has 1 aliphatic heterocycles. The molecule has 2 aromatic rings. The number of amides is 2. The lowest BCUT2D eigenvalue weighted by Crippen LogP contribution is -2.41. The molecule has 0 saturated carbocycles. The first-order valence-corrected chi connectivity index (χ1v) is 8.82. The van der Waals surface area contributed by atoms with E-state index in [1.54, 1.807) is 24.3 Å². The van der Waals surface area contributed by atoms with Crippen molar-refractivity contribution in [3.05, 3.63) is 65.7 Å². The molecule has 1 N–H and O–H groups in total. The minimum atomic E-state index is -0.0614. The van der Waals surface area contributed by atoms with Gasteiger partial charge in [-0.3, -0.25) is 4.79 Å². The van der Waals surface area contributed by atoms with Crippen LogP contribution >= 0.6 is 0 Å². The van der Waals surface area contributed by atoms with E-state index in [0.29, 0.717) is 11.5 Å². The second-order valence-corrected chi connectivity index (χ2v) is 6.68. The van der Waals surface area contributed by atoms with E-state index < -0.39 is 0 Å². The summed E-state index contributed by atoms with van der Waals surface area (Å²) >= 11 is 0. The summed E-state index contributed by atoms with van der Waals surface area (Å²) in [5.74, 6) is 0.666. The van der Waals surface area contributed by atoms with Crippen LogP contribution in [0.25, 0.3) is 0 Å². The summed E-state index contributed by atoms with van der Waals surface area (Å²) in [5, 5.41) is 2.92. The molecule has 0 aromatic heterocycles. The number of rotatable bonds is 4. The Hall–Kier alpha value is -2.62. The van der Waals surface area contributed by atoms with E-state index in [-0.39, 0.29) is 11.8 Å². The van der Waals surface area contributed by atoms with Crippen LogP contribution in [0.4, 0.5) is 10.5 Å². The second-order valence-electron chi connectivity index (χ2n) is 6.68.